The van der Waals surface area contributed by atoms with Gasteiger partial charge < -0.3 is 10.6 Å². The lowest BCUT2D eigenvalue weighted by Gasteiger charge is -2.25. The summed E-state index contributed by atoms with van der Waals surface area (Å²) in [5.41, 5.74) is 1.50. The van der Waals surface area contributed by atoms with Crippen LogP contribution in [0.4, 0.5) is 5.69 Å². The van der Waals surface area contributed by atoms with E-state index in [0.717, 1.165) is 37.0 Å². The van der Waals surface area contributed by atoms with Crippen molar-refractivity contribution >= 4 is 37.2 Å². The van der Waals surface area contributed by atoms with E-state index in [-0.39, 0.29) is 16.0 Å². The average Bonchev–Trinajstić information content (AvgIpc) is 3.20. The van der Waals surface area contributed by atoms with Crippen molar-refractivity contribution in [3.8, 4) is 0 Å². The Morgan fingerprint density at radius 3 is 2.69 bits per heavy atom. The zero-order chi connectivity index (χ0) is 19.8. The van der Waals surface area contributed by atoms with Crippen molar-refractivity contribution in [2.45, 2.75) is 28.8 Å². The van der Waals surface area contributed by atoms with Crippen molar-refractivity contribution in [1.82, 2.24) is 15.5 Å². The fraction of sp³-hybridized carbons (Fsp3) is 0.227. The van der Waals surface area contributed by atoms with Crippen LogP contribution in [0.5, 0.6) is 0 Å². The first-order valence-electron chi connectivity index (χ1n) is 9.82. The molecule has 1 aliphatic heterocycles. The molecule has 0 radical (unpaired) electrons. The van der Waals surface area contributed by atoms with E-state index < -0.39 is 9.84 Å². The smallest absolute Gasteiger partial charge is 0.226 e. The standard InChI is InChI=1S/C22H22N4O2S/c27-29(28,20-12-3-7-15-6-1-2-9-17(15)20)22-21-18(10-4-11-19(21)25-26-22)24-16-8-5-13-23-14-16/h1-4,6-7,9-12,16,23-24H,5,8,13-14H2,(H,25,26). The van der Waals surface area contributed by atoms with Crippen molar-refractivity contribution in [1.29, 1.82) is 0 Å². The molecule has 0 amide bonds. The maximum atomic E-state index is 13.6. The highest BCUT2D eigenvalue weighted by Crippen LogP contribution is 2.34. The molecule has 148 valence electrons. The summed E-state index contributed by atoms with van der Waals surface area (Å²) in [5, 5.41) is 16.3. The van der Waals surface area contributed by atoms with E-state index in [0.29, 0.717) is 16.3 Å². The third-order valence-electron chi connectivity index (χ3n) is 5.51. The molecule has 1 fully saturated rings. The van der Waals surface area contributed by atoms with Gasteiger partial charge in [0.05, 0.1) is 15.8 Å². The maximum absolute atomic E-state index is 13.6. The van der Waals surface area contributed by atoms with E-state index >= 15 is 0 Å². The highest BCUT2D eigenvalue weighted by atomic mass is 32.2. The van der Waals surface area contributed by atoms with Crippen LogP contribution in [0.1, 0.15) is 12.8 Å². The molecule has 0 aliphatic carbocycles. The second kappa shape index (κ2) is 7.17. The predicted molar refractivity (Wildman–Crippen MR) is 115 cm³/mol. The number of aromatic amines is 1. The molecule has 6 nitrogen and oxygen atoms in total. The van der Waals surface area contributed by atoms with Crippen LogP contribution in [0.25, 0.3) is 21.7 Å². The maximum Gasteiger partial charge on any atom is 0.226 e. The van der Waals surface area contributed by atoms with Crippen LogP contribution in [0.3, 0.4) is 0 Å². The molecule has 1 aromatic heterocycles. The van der Waals surface area contributed by atoms with Gasteiger partial charge in [-0.1, -0.05) is 42.5 Å². The van der Waals surface area contributed by atoms with Gasteiger partial charge in [0.15, 0.2) is 5.03 Å². The van der Waals surface area contributed by atoms with Crippen LogP contribution in [-0.2, 0) is 9.84 Å². The van der Waals surface area contributed by atoms with Crippen molar-refractivity contribution < 1.29 is 8.42 Å². The van der Waals surface area contributed by atoms with E-state index in [2.05, 4.69) is 20.8 Å². The van der Waals surface area contributed by atoms with Gasteiger partial charge in [-0.2, -0.15) is 5.10 Å². The van der Waals surface area contributed by atoms with Crippen LogP contribution in [0.2, 0.25) is 0 Å². The zero-order valence-corrected chi connectivity index (χ0v) is 16.7. The molecule has 4 aromatic rings. The first-order valence-corrected chi connectivity index (χ1v) is 11.3. The van der Waals surface area contributed by atoms with Gasteiger partial charge in [0, 0.05) is 23.7 Å². The number of nitrogens with zero attached hydrogens (tertiary/aromatic N) is 1. The van der Waals surface area contributed by atoms with Gasteiger partial charge in [0.2, 0.25) is 9.84 Å². The molecule has 7 heteroatoms. The van der Waals surface area contributed by atoms with Crippen LogP contribution < -0.4 is 10.6 Å². The highest BCUT2D eigenvalue weighted by molar-refractivity contribution is 7.91. The molecule has 3 aromatic carbocycles. The summed E-state index contributed by atoms with van der Waals surface area (Å²) in [6.45, 7) is 1.88. The molecule has 0 spiro atoms. The summed E-state index contributed by atoms with van der Waals surface area (Å²) in [4.78, 5) is 0.276. The number of piperidine rings is 1. The van der Waals surface area contributed by atoms with E-state index in [1.807, 2.05) is 48.5 Å². The second-order valence-electron chi connectivity index (χ2n) is 7.43. The largest absolute Gasteiger partial charge is 0.380 e. The Morgan fingerprint density at radius 2 is 1.83 bits per heavy atom. The first kappa shape index (κ1) is 18.1. The summed E-state index contributed by atoms with van der Waals surface area (Å²) in [6, 6.07) is 18.8. The Kier molecular flexibility index (Phi) is 4.49. The van der Waals surface area contributed by atoms with Crippen LogP contribution in [-0.4, -0.2) is 37.7 Å². The number of sulfone groups is 1. The van der Waals surface area contributed by atoms with E-state index in [4.69, 9.17) is 0 Å². The van der Waals surface area contributed by atoms with Crippen LogP contribution in [0, 0.1) is 0 Å². The first-order chi connectivity index (χ1) is 14.1. The van der Waals surface area contributed by atoms with Crippen LogP contribution >= 0.6 is 0 Å². The van der Waals surface area contributed by atoms with Gasteiger partial charge in [-0.15, -0.1) is 0 Å². The molecular formula is C22H22N4O2S. The number of benzene rings is 3. The molecule has 1 saturated heterocycles. The lowest BCUT2D eigenvalue weighted by atomic mass is 10.1. The summed E-state index contributed by atoms with van der Waals surface area (Å²) >= 11 is 0. The van der Waals surface area contributed by atoms with Gasteiger partial charge in [0.1, 0.15) is 0 Å². The van der Waals surface area contributed by atoms with Gasteiger partial charge in [-0.3, -0.25) is 5.10 Å². The minimum atomic E-state index is -3.81. The Bertz CT molecular complexity index is 1290. The number of hydrogen-bond donors (Lipinski definition) is 3. The predicted octanol–water partition coefficient (Wildman–Crippen LogP) is 3.71. The monoisotopic (exact) mass is 406 g/mol. The minimum absolute atomic E-state index is 0.0655. The summed E-state index contributed by atoms with van der Waals surface area (Å²) < 4.78 is 27.3. The zero-order valence-electron chi connectivity index (χ0n) is 15.9. The third kappa shape index (κ3) is 3.16. The van der Waals surface area contributed by atoms with Gasteiger partial charge in [0.25, 0.3) is 0 Å². The summed E-state index contributed by atoms with van der Waals surface area (Å²) in [7, 11) is -3.81. The topological polar surface area (TPSA) is 86.9 Å². The fourth-order valence-electron chi connectivity index (χ4n) is 4.09. The highest BCUT2D eigenvalue weighted by Gasteiger charge is 2.27. The lowest BCUT2D eigenvalue weighted by molar-refractivity contribution is 0.480. The quantitative estimate of drug-likeness (QED) is 0.481. The van der Waals surface area contributed by atoms with E-state index in [9.17, 15) is 8.42 Å². The SMILES string of the molecule is O=S(=O)(c1cccc2ccccc12)c1n[nH]c2cccc(NC3CCCNC3)c12. The van der Waals surface area contributed by atoms with Gasteiger partial charge in [-0.05, 0) is 43.0 Å². The molecule has 29 heavy (non-hydrogen) atoms. The molecule has 0 saturated carbocycles. The normalized spacial score (nSPS) is 17.6. The Labute approximate surface area is 169 Å². The molecule has 1 aliphatic rings. The van der Waals surface area contributed by atoms with Crippen LogP contribution in [0.15, 0.2) is 70.6 Å². The second-order valence-corrected chi connectivity index (χ2v) is 9.26. The Hall–Kier alpha value is -2.90. The number of H-pyrrole nitrogens is 1. The van der Waals surface area contributed by atoms with Crippen molar-refractivity contribution in [3.63, 3.8) is 0 Å². The molecule has 1 atom stereocenters. The Morgan fingerprint density at radius 1 is 1.00 bits per heavy atom. The van der Waals surface area contributed by atoms with E-state index in [1.165, 1.54) is 0 Å². The molecule has 2 heterocycles. The van der Waals surface area contributed by atoms with Crippen molar-refractivity contribution in [2.24, 2.45) is 0 Å². The Balaban J connectivity index is 1.66. The number of rotatable bonds is 4. The van der Waals surface area contributed by atoms with Crippen molar-refractivity contribution in [3.05, 3.63) is 60.7 Å². The van der Waals surface area contributed by atoms with Crippen molar-refractivity contribution in [2.75, 3.05) is 18.4 Å². The fourth-order valence-corrected chi connectivity index (χ4v) is 5.68. The molecule has 1 unspecified atom stereocenters. The summed E-state index contributed by atoms with van der Waals surface area (Å²) in [6.07, 6.45) is 2.15. The molecular weight excluding hydrogens is 384 g/mol. The average molecular weight is 407 g/mol. The minimum Gasteiger partial charge on any atom is -0.380 e. The number of hydrogen-bond acceptors (Lipinski definition) is 5. The van der Waals surface area contributed by atoms with Gasteiger partial charge in [-0.25, -0.2) is 8.42 Å². The lowest BCUT2D eigenvalue weighted by Crippen LogP contribution is -2.38. The number of aromatic nitrogens is 2. The molecule has 5 rings (SSSR count). The molecule has 3 N–H and O–H groups in total. The van der Waals surface area contributed by atoms with Gasteiger partial charge >= 0.3 is 0 Å². The molecule has 0 bridgehead atoms. The van der Waals surface area contributed by atoms with E-state index in [1.54, 1.807) is 12.1 Å². The summed E-state index contributed by atoms with van der Waals surface area (Å²) in [5.74, 6) is 0. The number of nitrogens with one attached hydrogen (secondary N) is 3. The number of fused-ring (bicyclic) bond motifs is 2. The third-order valence-corrected chi connectivity index (χ3v) is 7.25. The number of anilines is 1.